The third kappa shape index (κ3) is 2.01. The highest BCUT2D eigenvalue weighted by Crippen LogP contribution is 2.30. The van der Waals surface area contributed by atoms with E-state index in [1.807, 2.05) is 0 Å². The maximum Gasteiger partial charge on any atom is 0.242 e. The molecule has 0 radical (unpaired) electrons. The third-order valence-electron chi connectivity index (χ3n) is 1.92. The number of carbonyl (C=O) groups is 1. The van der Waals surface area contributed by atoms with Gasteiger partial charge >= 0.3 is 0 Å². The summed E-state index contributed by atoms with van der Waals surface area (Å²) in [4.78, 5) is 11.1. The summed E-state index contributed by atoms with van der Waals surface area (Å²) >= 11 is 0. The number of halogens is 2. The van der Waals surface area contributed by atoms with Gasteiger partial charge in [0.15, 0.2) is 0 Å². The second-order valence-electron chi connectivity index (χ2n) is 2.91. The van der Waals surface area contributed by atoms with Gasteiger partial charge in [-0.15, -0.1) is 0 Å². The van der Waals surface area contributed by atoms with E-state index in [1.165, 1.54) is 0 Å². The Morgan fingerprint density at radius 3 is 2.85 bits per heavy atom. The molecule has 2 nitrogen and oxygen atoms in total. The molecule has 72 valence electrons. The second kappa shape index (κ2) is 3.38. The first-order chi connectivity index (χ1) is 5.97. The molecule has 13 heavy (non-hydrogen) atoms. The normalized spacial score (nSPS) is 32.9. The van der Waals surface area contributed by atoms with Crippen molar-refractivity contribution in [1.82, 2.24) is 0 Å². The van der Waals surface area contributed by atoms with Crippen molar-refractivity contribution in [3.05, 3.63) is 24.1 Å². The van der Waals surface area contributed by atoms with Crippen LogP contribution in [-0.4, -0.2) is 16.7 Å². The molecule has 2 unspecified atom stereocenters. The number of ketones is 1. The first-order valence-electron chi connectivity index (χ1n) is 3.98. The smallest absolute Gasteiger partial charge is 0.242 e. The van der Waals surface area contributed by atoms with Gasteiger partial charge in [-0.2, -0.15) is 0 Å². The van der Waals surface area contributed by atoms with Gasteiger partial charge in [-0.25, -0.2) is 8.78 Å². The van der Waals surface area contributed by atoms with E-state index < -0.39 is 23.4 Å². The Hall–Kier alpha value is -1.03. The summed E-state index contributed by atoms with van der Waals surface area (Å²) in [5, 5.41) is 9.05. The van der Waals surface area contributed by atoms with Crippen LogP contribution in [0.15, 0.2) is 24.1 Å². The van der Waals surface area contributed by atoms with Crippen LogP contribution in [0.25, 0.3) is 0 Å². The molecule has 0 fully saturated rings. The highest BCUT2D eigenvalue weighted by atomic mass is 19.2. The summed E-state index contributed by atoms with van der Waals surface area (Å²) in [7, 11) is 0. The van der Waals surface area contributed by atoms with Crippen molar-refractivity contribution in [3.8, 4) is 0 Å². The lowest BCUT2D eigenvalue weighted by Gasteiger charge is -2.24. The molecule has 1 aliphatic rings. The minimum Gasteiger partial charge on any atom is -0.358 e. The summed E-state index contributed by atoms with van der Waals surface area (Å²) in [6, 6.07) is 0. The van der Waals surface area contributed by atoms with Crippen LogP contribution in [0.2, 0.25) is 0 Å². The minimum absolute atomic E-state index is 0.108. The Labute approximate surface area is 74.6 Å². The van der Waals surface area contributed by atoms with Gasteiger partial charge in [0.05, 0.1) is 5.92 Å². The van der Waals surface area contributed by atoms with Crippen LogP contribution in [0.4, 0.5) is 8.78 Å². The average Bonchev–Trinajstić information content (AvgIpc) is 2.01. The summed E-state index contributed by atoms with van der Waals surface area (Å²) in [6.07, 6.45) is 2.54. The highest BCUT2D eigenvalue weighted by Gasteiger charge is 2.39. The summed E-state index contributed by atoms with van der Waals surface area (Å²) in [5.74, 6) is -5.49. The lowest BCUT2D eigenvalue weighted by Crippen LogP contribution is -2.36. The molecule has 1 aliphatic carbocycles. The molecule has 0 heterocycles. The Morgan fingerprint density at radius 2 is 2.38 bits per heavy atom. The molecule has 0 aromatic carbocycles. The topological polar surface area (TPSA) is 37.3 Å². The molecular weight excluding hydrogens is 178 g/mol. The molecule has 4 heteroatoms. The lowest BCUT2D eigenvalue weighted by atomic mass is 9.90. The number of rotatable bonds is 2. The number of allylic oxidation sites excluding steroid dienone is 2. The summed E-state index contributed by atoms with van der Waals surface area (Å²) in [6.45, 7) is 1.56. The van der Waals surface area contributed by atoms with Gasteiger partial charge in [-0.05, 0) is 6.08 Å². The molecule has 0 saturated carbocycles. The fraction of sp³-hybridized carbons (Fsp3) is 0.444. The predicted molar refractivity (Wildman–Crippen MR) is 43.2 cm³/mol. The molecule has 1 N–H and O–H groups in total. The number of hydrogen-bond donors (Lipinski definition) is 1. The van der Waals surface area contributed by atoms with Crippen molar-refractivity contribution in [1.29, 1.82) is 0 Å². The standard InChI is InChI=1S/C9H10F2O2/c1-2-8(12)7-4-3-6(10)5-9(7,11)13/h3-5,7,13H,2H2,1H3. The van der Waals surface area contributed by atoms with Crippen molar-refractivity contribution < 1.29 is 18.7 Å². The first-order valence-corrected chi connectivity index (χ1v) is 3.98. The zero-order valence-corrected chi connectivity index (χ0v) is 7.13. The van der Waals surface area contributed by atoms with E-state index in [0.29, 0.717) is 6.08 Å². The SMILES string of the molecule is CCC(=O)C1C=CC(F)=CC1(O)F. The highest BCUT2D eigenvalue weighted by molar-refractivity contribution is 5.84. The van der Waals surface area contributed by atoms with Gasteiger partial charge in [0.25, 0.3) is 0 Å². The van der Waals surface area contributed by atoms with Crippen LogP contribution in [0, 0.1) is 5.92 Å². The molecule has 0 spiro atoms. The number of aliphatic hydroxyl groups is 1. The summed E-state index contributed by atoms with van der Waals surface area (Å²) in [5.41, 5.74) is 0. The maximum atomic E-state index is 13.2. The molecular formula is C9H10F2O2. The second-order valence-corrected chi connectivity index (χ2v) is 2.91. The van der Waals surface area contributed by atoms with E-state index in [-0.39, 0.29) is 6.42 Å². The average molecular weight is 188 g/mol. The molecule has 0 saturated heterocycles. The Kier molecular flexibility index (Phi) is 2.61. The number of carbonyl (C=O) groups excluding carboxylic acids is 1. The van der Waals surface area contributed by atoms with Crippen molar-refractivity contribution in [2.45, 2.75) is 19.2 Å². The first kappa shape index (κ1) is 10.1. The van der Waals surface area contributed by atoms with Gasteiger partial charge in [-0.3, -0.25) is 4.79 Å². The van der Waals surface area contributed by atoms with Crippen LogP contribution in [0.5, 0.6) is 0 Å². The van der Waals surface area contributed by atoms with Crippen LogP contribution < -0.4 is 0 Å². The molecule has 0 aromatic heterocycles. The maximum absolute atomic E-state index is 13.2. The van der Waals surface area contributed by atoms with Crippen LogP contribution >= 0.6 is 0 Å². The molecule has 2 atom stereocenters. The zero-order valence-electron chi connectivity index (χ0n) is 7.13. The largest absolute Gasteiger partial charge is 0.358 e. The number of hydrogen-bond acceptors (Lipinski definition) is 2. The number of alkyl halides is 1. The molecule has 1 rings (SSSR count). The third-order valence-corrected chi connectivity index (χ3v) is 1.92. The van der Waals surface area contributed by atoms with Crippen molar-refractivity contribution in [2.75, 3.05) is 0 Å². The number of Topliss-reactive ketones (excluding diaryl/α,β-unsaturated/α-hetero) is 1. The molecule has 0 bridgehead atoms. The Morgan fingerprint density at radius 1 is 1.77 bits per heavy atom. The lowest BCUT2D eigenvalue weighted by molar-refractivity contribution is -0.137. The van der Waals surface area contributed by atoms with E-state index in [1.54, 1.807) is 6.92 Å². The van der Waals surface area contributed by atoms with Crippen LogP contribution in [-0.2, 0) is 4.79 Å². The van der Waals surface area contributed by atoms with E-state index in [4.69, 9.17) is 5.11 Å². The van der Waals surface area contributed by atoms with Gasteiger partial charge in [0.2, 0.25) is 5.85 Å². The van der Waals surface area contributed by atoms with Crippen molar-refractivity contribution in [3.63, 3.8) is 0 Å². The molecule has 0 aliphatic heterocycles. The predicted octanol–water partition coefficient (Wildman–Crippen LogP) is 1.66. The van der Waals surface area contributed by atoms with Crippen molar-refractivity contribution in [2.24, 2.45) is 5.92 Å². The fourth-order valence-corrected chi connectivity index (χ4v) is 1.21. The van der Waals surface area contributed by atoms with Gasteiger partial charge in [0.1, 0.15) is 11.6 Å². The Bertz CT molecular complexity index is 279. The quantitative estimate of drug-likeness (QED) is 0.715. The minimum atomic E-state index is -2.88. The van der Waals surface area contributed by atoms with E-state index in [0.717, 1.165) is 12.2 Å². The van der Waals surface area contributed by atoms with Gasteiger partial charge < -0.3 is 5.11 Å². The fourth-order valence-electron chi connectivity index (χ4n) is 1.21. The van der Waals surface area contributed by atoms with Crippen LogP contribution in [0.1, 0.15) is 13.3 Å². The van der Waals surface area contributed by atoms with Crippen LogP contribution in [0.3, 0.4) is 0 Å². The van der Waals surface area contributed by atoms with E-state index in [2.05, 4.69) is 0 Å². The monoisotopic (exact) mass is 188 g/mol. The Balaban J connectivity index is 2.91. The van der Waals surface area contributed by atoms with Crippen molar-refractivity contribution >= 4 is 5.78 Å². The summed E-state index contributed by atoms with van der Waals surface area (Å²) < 4.78 is 25.7. The zero-order chi connectivity index (χ0) is 10.1. The van der Waals surface area contributed by atoms with Gasteiger partial charge in [-0.1, -0.05) is 13.0 Å². The van der Waals surface area contributed by atoms with Gasteiger partial charge in [0, 0.05) is 12.5 Å². The molecule has 0 amide bonds. The molecule has 0 aromatic rings. The van der Waals surface area contributed by atoms with E-state index in [9.17, 15) is 13.6 Å². The van der Waals surface area contributed by atoms with E-state index >= 15 is 0 Å².